The van der Waals surface area contributed by atoms with Crippen LogP contribution in [0.1, 0.15) is 27.2 Å². The Bertz CT molecular complexity index is 419. The molecule has 1 rings (SSSR count). The molecule has 7 nitrogen and oxygen atoms in total. The molecule has 1 aliphatic heterocycles. The van der Waals surface area contributed by atoms with Crippen molar-refractivity contribution in [1.29, 1.82) is 0 Å². The molecule has 1 heterocycles. The van der Waals surface area contributed by atoms with Crippen LogP contribution in [0.3, 0.4) is 0 Å². The first-order valence-corrected chi connectivity index (χ1v) is 6.52. The lowest BCUT2D eigenvalue weighted by Crippen LogP contribution is -2.46. The Kier molecular flexibility index (Phi) is 5.65. The van der Waals surface area contributed by atoms with Crippen molar-refractivity contribution in [3.8, 4) is 0 Å². The zero-order chi connectivity index (χ0) is 16.2. The van der Waals surface area contributed by atoms with E-state index in [0.29, 0.717) is 4.90 Å². The average molecular weight is 304 g/mol. The lowest BCUT2D eigenvalue weighted by molar-refractivity contribution is -0.149. The lowest BCUT2D eigenvalue weighted by atomic mass is 10.2. The predicted octanol–water partition coefficient (Wildman–Crippen LogP) is 1.05. The molecule has 0 aromatic rings. The fourth-order valence-corrected chi connectivity index (χ4v) is 1.91. The van der Waals surface area contributed by atoms with Gasteiger partial charge in [0.15, 0.2) is 0 Å². The third-order valence-corrected chi connectivity index (χ3v) is 2.72. The summed E-state index contributed by atoms with van der Waals surface area (Å²) in [6.07, 6.45) is -2.09. The van der Waals surface area contributed by atoms with Crippen molar-refractivity contribution in [2.24, 2.45) is 0 Å². The predicted molar refractivity (Wildman–Crippen MR) is 69.2 cm³/mol. The van der Waals surface area contributed by atoms with Crippen LogP contribution >= 0.6 is 0 Å². The number of hydrogen-bond acceptors (Lipinski definition) is 6. The summed E-state index contributed by atoms with van der Waals surface area (Å²) >= 11 is 0. The maximum absolute atomic E-state index is 12.1. The van der Waals surface area contributed by atoms with Crippen LogP contribution in [0.25, 0.3) is 0 Å². The Morgan fingerprint density at radius 2 is 2.00 bits per heavy atom. The first-order chi connectivity index (χ1) is 9.71. The van der Waals surface area contributed by atoms with Crippen LogP contribution in [0.2, 0.25) is 0 Å². The fraction of sp³-hybridized carbons (Fsp3) is 0.769. The van der Waals surface area contributed by atoms with Crippen LogP contribution in [0.5, 0.6) is 0 Å². The summed E-state index contributed by atoms with van der Waals surface area (Å²) in [6, 6.07) is -1.12. The number of nitrogens with zero attached hydrogens (tertiary/aromatic N) is 1. The number of hydrogen-bond donors (Lipinski definition) is 0. The first-order valence-electron chi connectivity index (χ1n) is 6.52. The molecule has 0 spiro atoms. The molecule has 1 fully saturated rings. The van der Waals surface area contributed by atoms with Gasteiger partial charge in [0.25, 0.3) is 5.91 Å². The number of rotatable bonds is 4. The topological polar surface area (TPSA) is 82.1 Å². The van der Waals surface area contributed by atoms with E-state index in [4.69, 9.17) is 9.47 Å². The van der Waals surface area contributed by atoms with Gasteiger partial charge in [-0.1, -0.05) is 0 Å². The Morgan fingerprint density at radius 3 is 2.48 bits per heavy atom. The molecule has 0 aromatic carbocycles. The van der Waals surface area contributed by atoms with Gasteiger partial charge in [-0.25, -0.2) is 18.9 Å². The molecular weight excluding hydrogens is 284 g/mol. The van der Waals surface area contributed by atoms with Crippen LogP contribution in [0.15, 0.2) is 0 Å². The van der Waals surface area contributed by atoms with E-state index in [-0.39, 0.29) is 13.0 Å². The molecule has 0 bridgehead atoms. The van der Waals surface area contributed by atoms with E-state index in [9.17, 15) is 18.8 Å². The monoisotopic (exact) mass is 304 g/mol. The van der Waals surface area contributed by atoms with Crippen LogP contribution in [-0.4, -0.2) is 61.0 Å². The van der Waals surface area contributed by atoms with Crippen LogP contribution < -0.4 is 0 Å². The van der Waals surface area contributed by atoms with E-state index in [0.717, 1.165) is 7.11 Å². The maximum atomic E-state index is 12.1. The van der Waals surface area contributed by atoms with E-state index in [1.807, 2.05) is 0 Å². The summed E-state index contributed by atoms with van der Waals surface area (Å²) < 4.78 is 26.8. The molecule has 1 unspecified atom stereocenters. The average Bonchev–Trinajstić information content (AvgIpc) is 2.70. The third-order valence-electron chi connectivity index (χ3n) is 2.72. The quantitative estimate of drug-likeness (QED) is 0.722. The number of imide groups is 1. The van der Waals surface area contributed by atoms with Gasteiger partial charge in [-0.2, -0.15) is 0 Å². The van der Waals surface area contributed by atoms with Crippen molar-refractivity contribution in [3.63, 3.8) is 0 Å². The highest BCUT2D eigenvalue weighted by Gasteiger charge is 2.49. The van der Waals surface area contributed by atoms with Crippen molar-refractivity contribution >= 4 is 18.0 Å². The fourth-order valence-electron chi connectivity index (χ4n) is 1.91. The number of ether oxygens (including phenoxy) is 3. The molecule has 1 saturated heterocycles. The van der Waals surface area contributed by atoms with Gasteiger partial charge in [-0.05, 0) is 20.8 Å². The van der Waals surface area contributed by atoms with Crippen molar-refractivity contribution in [3.05, 3.63) is 0 Å². The minimum atomic E-state index is -1.12. The van der Waals surface area contributed by atoms with Gasteiger partial charge >= 0.3 is 12.1 Å². The van der Waals surface area contributed by atoms with Crippen molar-refractivity contribution in [2.75, 3.05) is 20.4 Å². The van der Waals surface area contributed by atoms with Gasteiger partial charge in [0.2, 0.25) is 0 Å². The third kappa shape index (κ3) is 4.38. The smallest absolute Gasteiger partial charge is 0.417 e. The normalized spacial score (nSPS) is 22.3. The number of alkyl halides is 1. The summed E-state index contributed by atoms with van der Waals surface area (Å²) in [5, 5.41) is 0. The minimum Gasteiger partial charge on any atom is -0.467 e. The van der Waals surface area contributed by atoms with Gasteiger partial charge in [0.05, 0.1) is 13.7 Å². The second kappa shape index (κ2) is 6.84. The SMILES string of the molecule is COC(=O)C1C[C@H](OCC[18F])C(=O)N1C(=O)OC(C)(C)C. The van der Waals surface area contributed by atoms with Gasteiger partial charge < -0.3 is 14.2 Å². The highest BCUT2D eigenvalue weighted by molar-refractivity contribution is 6.01. The molecule has 0 aromatic heterocycles. The molecule has 21 heavy (non-hydrogen) atoms. The van der Waals surface area contributed by atoms with Crippen molar-refractivity contribution < 1.29 is 33.0 Å². The van der Waals surface area contributed by atoms with Crippen LogP contribution in [0.4, 0.5) is 9.18 Å². The standard InChI is InChI=1S/C13H20FNO6/c1-13(2,3)21-12(18)15-8(11(17)19-4)7-9(10(15)16)20-6-5-14/h8-9H,5-7H2,1-4H3/t8?,9-/m0/s1/i14-1. The van der Waals surface area contributed by atoms with Gasteiger partial charge in [-0.3, -0.25) is 4.79 Å². The molecule has 120 valence electrons. The second-order valence-electron chi connectivity index (χ2n) is 5.51. The highest BCUT2D eigenvalue weighted by atomic mass is 18.2. The summed E-state index contributed by atoms with van der Waals surface area (Å²) in [4.78, 5) is 36.6. The minimum absolute atomic E-state index is 0.0786. The zero-order valence-corrected chi connectivity index (χ0v) is 12.6. The van der Waals surface area contributed by atoms with Crippen LogP contribution in [-0.2, 0) is 23.8 Å². The molecule has 2 amide bonds. The van der Waals surface area contributed by atoms with E-state index >= 15 is 0 Å². The number of esters is 1. The van der Waals surface area contributed by atoms with E-state index in [1.165, 1.54) is 0 Å². The van der Waals surface area contributed by atoms with Crippen molar-refractivity contribution in [2.45, 2.75) is 44.9 Å². The van der Waals surface area contributed by atoms with E-state index < -0.39 is 42.4 Å². The molecule has 2 atom stereocenters. The number of halogens is 1. The van der Waals surface area contributed by atoms with Gasteiger partial charge in [-0.15, -0.1) is 0 Å². The van der Waals surface area contributed by atoms with E-state index in [1.54, 1.807) is 20.8 Å². The largest absolute Gasteiger partial charge is 0.467 e. The molecule has 0 saturated carbocycles. The molecule has 0 radical (unpaired) electrons. The number of methoxy groups -OCH3 is 1. The molecule has 0 N–H and O–H groups in total. The summed E-state index contributed by atoms with van der Waals surface area (Å²) in [7, 11) is 1.15. The zero-order valence-electron chi connectivity index (χ0n) is 12.6. The first kappa shape index (κ1) is 17.4. The number of carbonyl (C=O) groups excluding carboxylic acids is 3. The molecular formula is C13H20FNO6. The number of likely N-dealkylation sites (tertiary alicyclic amines) is 1. The number of amides is 2. The van der Waals surface area contributed by atoms with E-state index in [2.05, 4.69) is 4.74 Å². The Balaban J connectivity index is 2.92. The molecule has 1 aliphatic rings. The Hall–Kier alpha value is -1.70. The van der Waals surface area contributed by atoms with Crippen LogP contribution in [0, 0.1) is 0 Å². The van der Waals surface area contributed by atoms with Crippen molar-refractivity contribution in [1.82, 2.24) is 4.90 Å². The lowest BCUT2D eigenvalue weighted by Gasteiger charge is -2.26. The molecule has 0 aliphatic carbocycles. The maximum Gasteiger partial charge on any atom is 0.417 e. The van der Waals surface area contributed by atoms with Gasteiger partial charge in [0, 0.05) is 6.42 Å². The summed E-state index contributed by atoms with van der Waals surface area (Å²) in [5.74, 6) is -1.48. The molecule has 8 heteroatoms. The van der Waals surface area contributed by atoms with Gasteiger partial charge in [0.1, 0.15) is 24.4 Å². The summed E-state index contributed by atoms with van der Waals surface area (Å²) in [5.41, 5.74) is -0.823. The highest BCUT2D eigenvalue weighted by Crippen LogP contribution is 2.25. The number of carbonyl (C=O) groups is 3. The second-order valence-corrected chi connectivity index (χ2v) is 5.51. The Labute approximate surface area is 122 Å². The summed E-state index contributed by atoms with van der Waals surface area (Å²) in [6.45, 7) is 3.85. The Morgan fingerprint density at radius 1 is 1.38 bits per heavy atom.